The molecule has 0 nitrogen and oxygen atoms in total. The van der Waals surface area contributed by atoms with E-state index in [0.717, 1.165) is 12.8 Å². The van der Waals surface area contributed by atoms with Crippen LogP contribution < -0.4 is 0 Å². The molecule has 2 aliphatic rings. The Hall–Kier alpha value is -2.08. The van der Waals surface area contributed by atoms with Crippen molar-refractivity contribution in [3.05, 3.63) is 80.9 Å². The summed E-state index contributed by atoms with van der Waals surface area (Å²) in [5.41, 5.74) is 12.4. The van der Waals surface area contributed by atoms with E-state index in [1.54, 1.807) is 22.3 Å². The summed E-state index contributed by atoms with van der Waals surface area (Å²) in [4.78, 5) is 0. The summed E-state index contributed by atoms with van der Waals surface area (Å²) < 4.78 is 0. The number of benzene rings is 2. The molecular formula is C31H40. The number of rotatable bonds is 6. The maximum Gasteiger partial charge on any atom is 0.0120 e. The minimum Gasteiger partial charge on any atom is -0.0617 e. The average Bonchev–Trinajstić information content (AvgIpc) is 3.33. The van der Waals surface area contributed by atoms with E-state index in [-0.39, 0.29) is 5.41 Å². The van der Waals surface area contributed by atoms with Gasteiger partial charge in [-0.25, -0.2) is 0 Å². The number of allylic oxidation sites excluding steroid dienone is 2. The van der Waals surface area contributed by atoms with Gasteiger partial charge in [-0.2, -0.15) is 0 Å². The van der Waals surface area contributed by atoms with Crippen molar-refractivity contribution in [3.63, 3.8) is 0 Å². The lowest BCUT2D eigenvalue weighted by Crippen LogP contribution is -2.32. The third-order valence-electron chi connectivity index (χ3n) is 7.95. The van der Waals surface area contributed by atoms with E-state index in [2.05, 4.69) is 104 Å². The van der Waals surface area contributed by atoms with Gasteiger partial charge in [0.1, 0.15) is 0 Å². The van der Waals surface area contributed by atoms with Crippen molar-refractivity contribution >= 4 is 12.2 Å². The van der Waals surface area contributed by atoms with Crippen molar-refractivity contribution in [1.82, 2.24) is 0 Å². The molecule has 0 bridgehead atoms. The zero-order valence-electron chi connectivity index (χ0n) is 20.8. The molecule has 0 aliphatic heterocycles. The molecule has 0 saturated heterocycles. The summed E-state index contributed by atoms with van der Waals surface area (Å²) in [7, 11) is 0. The molecule has 0 heteroatoms. The molecule has 0 spiro atoms. The maximum atomic E-state index is 2.54. The molecule has 2 unspecified atom stereocenters. The van der Waals surface area contributed by atoms with Gasteiger partial charge in [0.05, 0.1) is 0 Å². The molecule has 0 heterocycles. The Morgan fingerprint density at radius 2 is 1.06 bits per heavy atom. The van der Waals surface area contributed by atoms with Crippen molar-refractivity contribution in [3.8, 4) is 0 Å². The normalized spacial score (nSPS) is 20.2. The summed E-state index contributed by atoms with van der Waals surface area (Å²) in [5, 5.41) is 0. The lowest BCUT2D eigenvalue weighted by Gasteiger charge is -2.43. The SMILES string of the molecule is CCc1cccc2c1C=C(C(C)C)C2C(C)(C)C1C(C(C)C)=Cc2c(CC)cccc21. The summed E-state index contributed by atoms with van der Waals surface area (Å²) in [6.07, 6.45) is 7.29. The molecule has 4 rings (SSSR count). The molecule has 0 aromatic heterocycles. The molecule has 0 saturated carbocycles. The predicted octanol–water partition coefficient (Wildman–Crippen LogP) is 8.81. The molecule has 0 amide bonds. The van der Waals surface area contributed by atoms with E-state index >= 15 is 0 Å². The van der Waals surface area contributed by atoms with Gasteiger partial charge in [-0.1, -0.05) is 115 Å². The van der Waals surface area contributed by atoms with E-state index in [4.69, 9.17) is 0 Å². The smallest absolute Gasteiger partial charge is 0.0120 e. The van der Waals surface area contributed by atoms with Gasteiger partial charge < -0.3 is 0 Å². The van der Waals surface area contributed by atoms with Crippen LogP contribution in [0.3, 0.4) is 0 Å². The van der Waals surface area contributed by atoms with Crippen LogP contribution in [0.4, 0.5) is 0 Å². The molecule has 2 aromatic rings. The Bertz CT molecular complexity index is 958. The third-order valence-corrected chi connectivity index (χ3v) is 7.95. The number of hydrogen-bond donors (Lipinski definition) is 0. The number of aryl methyl sites for hydroxylation is 2. The first kappa shape index (κ1) is 22.1. The highest BCUT2D eigenvalue weighted by Gasteiger charge is 2.47. The minimum atomic E-state index is 0.0986. The van der Waals surface area contributed by atoms with Gasteiger partial charge in [0, 0.05) is 11.8 Å². The third kappa shape index (κ3) is 3.43. The monoisotopic (exact) mass is 412 g/mol. The van der Waals surface area contributed by atoms with E-state index in [1.165, 1.54) is 22.3 Å². The van der Waals surface area contributed by atoms with Gasteiger partial charge in [-0.3, -0.25) is 0 Å². The van der Waals surface area contributed by atoms with Crippen LogP contribution in [-0.2, 0) is 12.8 Å². The molecule has 0 fully saturated rings. The van der Waals surface area contributed by atoms with Gasteiger partial charge in [0.15, 0.2) is 0 Å². The predicted molar refractivity (Wildman–Crippen MR) is 137 cm³/mol. The van der Waals surface area contributed by atoms with E-state index in [0.29, 0.717) is 23.7 Å². The van der Waals surface area contributed by atoms with Crippen LogP contribution in [0.25, 0.3) is 12.2 Å². The van der Waals surface area contributed by atoms with Gasteiger partial charge in [0.2, 0.25) is 0 Å². The summed E-state index contributed by atoms with van der Waals surface area (Å²) in [6.45, 7) is 19.2. The van der Waals surface area contributed by atoms with Gasteiger partial charge in [-0.05, 0) is 63.5 Å². The second kappa shape index (κ2) is 8.12. The molecule has 31 heavy (non-hydrogen) atoms. The Labute approximate surface area is 190 Å². The van der Waals surface area contributed by atoms with Crippen molar-refractivity contribution in [2.75, 3.05) is 0 Å². The summed E-state index contributed by atoms with van der Waals surface area (Å²) in [5.74, 6) is 2.01. The first-order chi connectivity index (χ1) is 14.7. The molecule has 2 aromatic carbocycles. The topological polar surface area (TPSA) is 0 Å². The van der Waals surface area contributed by atoms with Crippen LogP contribution in [-0.4, -0.2) is 0 Å². The quantitative estimate of drug-likeness (QED) is 0.444. The van der Waals surface area contributed by atoms with Gasteiger partial charge in [-0.15, -0.1) is 0 Å². The Morgan fingerprint density at radius 1 is 0.677 bits per heavy atom. The maximum absolute atomic E-state index is 2.54. The van der Waals surface area contributed by atoms with Crippen molar-refractivity contribution in [1.29, 1.82) is 0 Å². The summed E-state index contributed by atoms with van der Waals surface area (Å²) in [6, 6.07) is 14.0. The van der Waals surface area contributed by atoms with Gasteiger partial charge >= 0.3 is 0 Å². The number of hydrogen-bond acceptors (Lipinski definition) is 0. The molecular weight excluding hydrogens is 372 g/mol. The molecule has 164 valence electrons. The highest BCUT2D eigenvalue weighted by molar-refractivity contribution is 5.73. The fourth-order valence-corrected chi connectivity index (χ4v) is 6.42. The van der Waals surface area contributed by atoms with Crippen molar-refractivity contribution in [2.45, 2.75) is 80.1 Å². The van der Waals surface area contributed by atoms with Crippen LogP contribution in [0.15, 0.2) is 47.5 Å². The first-order valence-electron chi connectivity index (χ1n) is 12.4. The average molecular weight is 413 g/mol. The molecule has 2 aliphatic carbocycles. The largest absolute Gasteiger partial charge is 0.0617 e. The fourth-order valence-electron chi connectivity index (χ4n) is 6.42. The highest BCUT2D eigenvalue weighted by atomic mass is 14.5. The van der Waals surface area contributed by atoms with E-state index in [9.17, 15) is 0 Å². The molecule has 0 N–H and O–H groups in total. The van der Waals surface area contributed by atoms with E-state index < -0.39 is 0 Å². The highest BCUT2D eigenvalue weighted by Crippen LogP contribution is 2.60. The lowest BCUT2D eigenvalue weighted by molar-refractivity contribution is 0.258. The fraction of sp³-hybridized carbons (Fsp3) is 0.484. The van der Waals surface area contributed by atoms with Gasteiger partial charge in [0.25, 0.3) is 0 Å². The molecule has 2 atom stereocenters. The minimum absolute atomic E-state index is 0.0986. The van der Waals surface area contributed by atoms with Crippen LogP contribution >= 0.6 is 0 Å². The Balaban J connectivity index is 1.91. The first-order valence-corrected chi connectivity index (χ1v) is 12.4. The van der Waals surface area contributed by atoms with Crippen LogP contribution in [0.2, 0.25) is 0 Å². The summed E-state index contributed by atoms with van der Waals surface area (Å²) >= 11 is 0. The standard InChI is InChI=1S/C31H40/c1-9-21-13-11-15-23-27(21)17-25(19(3)4)29(23)31(7,8)30-24-16-12-14-22(10-2)28(24)18-26(30)20(5)6/h11-20,29-30H,9-10H2,1-8H3. The van der Waals surface area contributed by atoms with E-state index in [1.807, 2.05) is 0 Å². The zero-order valence-corrected chi connectivity index (χ0v) is 20.8. The Morgan fingerprint density at radius 3 is 1.39 bits per heavy atom. The second-order valence-corrected chi connectivity index (χ2v) is 10.8. The second-order valence-electron chi connectivity index (χ2n) is 10.8. The molecule has 0 radical (unpaired) electrons. The van der Waals surface area contributed by atoms with Crippen molar-refractivity contribution < 1.29 is 0 Å². The van der Waals surface area contributed by atoms with Crippen LogP contribution in [0.5, 0.6) is 0 Å². The van der Waals surface area contributed by atoms with Crippen LogP contribution in [0, 0.1) is 17.3 Å². The zero-order chi connectivity index (χ0) is 22.5. The van der Waals surface area contributed by atoms with Crippen LogP contribution in [0.1, 0.15) is 101 Å². The lowest BCUT2D eigenvalue weighted by atomic mass is 9.60. The number of fused-ring (bicyclic) bond motifs is 2. The Kier molecular flexibility index (Phi) is 5.80. The van der Waals surface area contributed by atoms with Crippen molar-refractivity contribution in [2.24, 2.45) is 17.3 Å².